The Kier molecular flexibility index (Phi) is 3.30. The van der Waals surface area contributed by atoms with E-state index < -0.39 is 0 Å². The van der Waals surface area contributed by atoms with Gasteiger partial charge in [0.25, 0.3) is 0 Å². The van der Waals surface area contributed by atoms with Crippen LogP contribution in [0.25, 0.3) is 0 Å². The van der Waals surface area contributed by atoms with Gasteiger partial charge in [0, 0.05) is 19.6 Å². The average molecular weight is 159 g/mol. The number of hydrogen-bond acceptors (Lipinski definition) is 3. The maximum atomic E-state index is 9.52. The van der Waals surface area contributed by atoms with E-state index in [1.165, 1.54) is 0 Å². The molecule has 1 fully saturated rings. The minimum absolute atomic E-state index is 0.273. The number of methoxy groups -OCH3 is 1. The van der Waals surface area contributed by atoms with E-state index in [-0.39, 0.29) is 6.10 Å². The summed E-state index contributed by atoms with van der Waals surface area (Å²) in [6, 6.07) is 0. The van der Waals surface area contributed by atoms with Crippen molar-refractivity contribution in [3.63, 3.8) is 0 Å². The van der Waals surface area contributed by atoms with Gasteiger partial charge in [-0.25, -0.2) is 0 Å². The monoisotopic (exact) mass is 159 g/mol. The molecule has 11 heavy (non-hydrogen) atoms. The Balaban J connectivity index is 2.25. The summed E-state index contributed by atoms with van der Waals surface area (Å²) in [5.41, 5.74) is 0. The van der Waals surface area contributed by atoms with Gasteiger partial charge in [0.2, 0.25) is 0 Å². The number of ether oxygens (including phenoxy) is 1. The highest BCUT2D eigenvalue weighted by atomic mass is 16.5. The molecule has 0 aromatic carbocycles. The first-order valence-corrected chi connectivity index (χ1v) is 4.09. The van der Waals surface area contributed by atoms with Gasteiger partial charge in [-0.3, -0.25) is 0 Å². The van der Waals surface area contributed by atoms with Crippen molar-refractivity contribution in [1.29, 1.82) is 0 Å². The third kappa shape index (κ3) is 2.43. The highest BCUT2D eigenvalue weighted by Crippen LogP contribution is 2.17. The molecule has 0 aromatic heterocycles. The molecule has 3 nitrogen and oxygen atoms in total. The minimum Gasteiger partial charge on any atom is -0.390 e. The fourth-order valence-electron chi connectivity index (χ4n) is 1.59. The summed E-state index contributed by atoms with van der Waals surface area (Å²) in [7, 11) is 3.71. The van der Waals surface area contributed by atoms with Gasteiger partial charge in [0.1, 0.15) is 0 Å². The van der Waals surface area contributed by atoms with Gasteiger partial charge in [0.05, 0.1) is 12.7 Å². The molecule has 2 unspecified atom stereocenters. The molecular weight excluding hydrogens is 142 g/mol. The average Bonchev–Trinajstić information content (AvgIpc) is 2.36. The SMILES string of the molecule is COCC(O)C1CCN(C)C1. The number of hydrogen-bond donors (Lipinski definition) is 1. The van der Waals surface area contributed by atoms with E-state index in [0.29, 0.717) is 12.5 Å². The van der Waals surface area contributed by atoms with Gasteiger partial charge >= 0.3 is 0 Å². The highest BCUT2D eigenvalue weighted by Gasteiger charge is 2.25. The summed E-state index contributed by atoms with van der Waals surface area (Å²) >= 11 is 0. The largest absolute Gasteiger partial charge is 0.390 e. The van der Waals surface area contributed by atoms with E-state index in [0.717, 1.165) is 19.5 Å². The van der Waals surface area contributed by atoms with Crippen LogP contribution < -0.4 is 0 Å². The molecule has 0 amide bonds. The molecule has 0 bridgehead atoms. The standard InChI is InChI=1S/C8H17NO2/c1-9-4-3-7(5-9)8(10)6-11-2/h7-8,10H,3-6H2,1-2H3. The van der Waals surface area contributed by atoms with E-state index in [2.05, 4.69) is 11.9 Å². The summed E-state index contributed by atoms with van der Waals surface area (Å²) in [6.45, 7) is 2.58. The molecule has 66 valence electrons. The molecule has 0 radical (unpaired) electrons. The van der Waals surface area contributed by atoms with Crippen LogP contribution in [0.4, 0.5) is 0 Å². The lowest BCUT2D eigenvalue weighted by Gasteiger charge is -2.16. The van der Waals surface area contributed by atoms with E-state index in [9.17, 15) is 5.11 Å². The predicted molar refractivity (Wildman–Crippen MR) is 43.5 cm³/mol. The van der Waals surface area contributed by atoms with Crippen molar-refractivity contribution >= 4 is 0 Å². The van der Waals surface area contributed by atoms with Crippen LogP contribution in [0.1, 0.15) is 6.42 Å². The third-order valence-electron chi connectivity index (χ3n) is 2.31. The fraction of sp³-hybridized carbons (Fsp3) is 1.00. The molecule has 1 heterocycles. The Bertz CT molecular complexity index is 119. The molecule has 1 rings (SSSR count). The van der Waals surface area contributed by atoms with Crippen molar-refractivity contribution < 1.29 is 9.84 Å². The van der Waals surface area contributed by atoms with E-state index in [1.807, 2.05) is 0 Å². The second-order valence-corrected chi connectivity index (χ2v) is 3.33. The quantitative estimate of drug-likeness (QED) is 0.626. The molecule has 0 spiro atoms. The van der Waals surface area contributed by atoms with Crippen LogP contribution in [-0.2, 0) is 4.74 Å². The second kappa shape index (κ2) is 4.04. The summed E-state index contributed by atoms with van der Waals surface area (Å²) < 4.78 is 4.88. The molecule has 0 saturated carbocycles. The zero-order valence-electron chi connectivity index (χ0n) is 7.29. The first-order valence-electron chi connectivity index (χ1n) is 4.09. The molecule has 1 saturated heterocycles. The second-order valence-electron chi connectivity index (χ2n) is 3.33. The summed E-state index contributed by atoms with van der Waals surface area (Å²) in [6.07, 6.45) is 0.825. The lowest BCUT2D eigenvalue weighted by atomic mass is 10.0. The normalized spacial score (nSPS) is 29.2. The summed E-state index contributed by atoms with van der Waals surface area (Å²) in [5, 5.41) is 9.52. The Morgan fingerprint density at radius 3 is 2.91 bits per heavy atom. The van der Waals surface area contributed by atoms with Crippen LogP contribution in [0, 0.1) is 5.92 Å². The molecular formula is C8H17NO2. The Labute approximate surface area is 68.0 Å². The maximum absolute atomic E-state index is 9.52. The van der Waals surface area contributed by atoms with Crippen molar-refractivity contribution in [2.45, 2.75) is 12.5 Å². The number of aliphatic hydroxyl groups is 1. The Hall–Kier alpha value is -0.120. The Morgan fingerprint density at radius 1 is 1.73 bits per heavy atom. The van der Waals surface area contributed by atoms with Crippen molar-refractivity contribution in [1.82, 2.24) is 4.90 Å². The Morgan fingerprint density at radius 2 is 2.45 bits per heavy atom. The third-order valence-corrected chi connectivity index (χ3v) is 2.31. The molecule has 2 atom stereocenters. The van der Waals surface area contributed by atoms with Crippen LogP contribution >= 0.6 is 0 Å². The molecule has 1 N–H and O–H groups in total. The number of aliphatic hydroxyl groups excluding tert-OH is 1. The van der Waals surface area contributed by atoms with Crippen molar-refractivity contribution in [3.05, 3.63) is 0 Å². The van der Waals surface area contributed by atoms with Crippen LogP contribution in [0.15, 0.2) is 0 Å². The zero-order chi connectivity index (χ0) is 8.27. The zero-order valence-corrected chi connectivity index (χ0v) is 7.29. The van der Waals surface area contributed by atoms with E-state index >= 15 is 0 Å². The van der Waals surface area contributed by atoms with Gasteiger partial charge in [-0.05, 0) is 20.0 Å². The maximum Gasteiger partial charge on any atom is 0.0814 e. The summed E-state index contributed by atoms with van der Waals surface area (Å²) in [5.74, 6) is 0.417. The van der Waals surface area contributed by atoms with Crippen LogP contribution in [0.2, 0.25) is 0 Å². The first kappa shape index (κ1) is 8.97. The van der Waals surface area contributed by atoms with Crippen LogP contribution in [0.3, 0.4) is 0 Å². The van der Waals surface area contributed by atoms with Crippen LogP contribution in [0.5, 0.6) is 0 Å². The van der Waals surface area contributed by atoms with Crippen molar-refractivity contribution in [3.8, 4) is 0 Å². The van der Waals surface area contributed by atoms with Gasteiger partial charge in [-0.1, -0.05) is 0 Å². The van der Waals surface area contributed by atoms with Crippen molar-refractivity contribution in [2.75, 3.05) is 33.9 Å². The molecule has 1 aliphatic heterocycles. The summed E-state index contributed by atoms with van der Waals surface area (Å²) in [4.78, 5) is 2.24. The highest BCUT2D eigenvalue weighted by molar-refractivity contribution is 4.78. The number of rotatable bonds is 3. The van der Waals surface area contributed by atoms with Gasteiger partial charge in [-0.2, -0.15) is 0 Å². The first-order chi connectivity index (χ1) is 5.24. The van der Waals surface area contributed by atoms with Gasteiger partial charge < -0.3 is 14.7 Å². The molecule has 0 aliphatic carbocycles. The predicted octanol–water partition coefficient (Wildman–Crippen LogP) is -0.0546. The van der Waals surface area contributed by atoms with E-state index in [4.69, 9.17) is 4.74 Å². The smallest absolute Gasteiger partial charge is 0.0814 e. The molecule has 0 aromatic rings. The van der Waals surface area contributed by atoms with E-state index in [1.54, 1.807) is 7.11 Å². The minimum atomic E-state index is -0.273. The van der Waals surface area contributed by atoms with Crippen LogP contribution in [-0.4, -0.2) is 50.0 Å². The lowest BCUT2D eigenvalue weighted by molar-refractivity contribution is 0.0285. The fourth-order valence-corrected chi connectivity index (χ4v) is 1.59. The van der Waals surface area contributed by atoms with Crippen molar-refractivity contribution in [2.24, 2.45) is 5.92 Å². The number of likely N-dealkylation sites (tertiary alicyclic amines) is 1. The lowest BCUT2D eigenvalue weighted by Crippen LogP contribution is -2.27. The number of nitrogens with zero attached hydrogens (tertiary/aromatic N) is 1. The van der Waals surface area contributed by atoms with Gasteiger partial charge in [0.15, 0.2) is 0 Å². The molecule has 3 heteroatoms. The van der Waals surface area contributed by atoms with Gasteiger partial charge in [-0.15, -0.1) is 0 Å². The molecule has 1 aliphatic rings. The topological polar surface area (TPSA) is 32.7 Å².